The fourth-order valence-corrected chi connectivity index (χ4v) is 3.36. The van der Waals surface area contributed by atoms with Crippen molar-refractivity contribution in [3.8, 4) is 0 Å². The second-order valence-electron chi connectivity index (χ2n) is 6.62. The topological polar surface area (TPSA) is 100 Å². The Labute approximate surface area is 157 Å². The molecule has 7 heteroatoms. The van der Waals surface area contributed by atoms with E-state index in [1.54, 1.807) is 25.1 Å². The molecular formula is C20H23N3O4. The molecule has 0 atom stereocenters. The number of aromatic amines is 1. The third kappa shape index (κ3) is 4.25. The maximum absolute atomic E-state index is 12.6. The highest BCUT2D eigenvalue weighted by atomic mass is 16.5. The quantitative estimate of drug-likeness (QED) is 0.728. The highest BCUT2D eigenvalue weighted by Gasteiger charge is 2.26. The smallest absolute Gasteiger partial charge is 0.268 e. The van der Waals surface area contributed by atoms with Crippen molar-refractivity contribution >= 4 is 23.3 Å². The Hall–Kier alpha value is -2.93. The zero-order chi connectivity index (χ0) is 19.4. The Kier molecular flexibility index (Phi) is 5.71. The summed E-state index contributed by atoms with van der Waals surface area (Å²) in [4.78, 5) is 39.4. The van der Waals surface area contributed by atoms with E-state index in [2.05, 4.69) is 15.6 Å². The SMILES string of the molecule is COCC(=O)Nc1cccc(CNC(=O)c2[nH]c3c(c2C)C(=O)CCC3)c1. The molecule has 0 bridgehead atoms. The van der Waals surface area contributed by atoms with E-state index in [1.807, 2.05) is 6.07 Å². The number of rotatable bonds is 6. The average molecular weight is 369 g/mol. The molecule has 2 aromatic rings. The molecule has 0 spiro atoms. The molecular weight excluding hydrogens is 346 g/mol. The van der Waals surface area contributed by atoms with Gasteiger partial charge in [0.05, 0.1) is 0 Å². The number of amides is 2. The lowest BCUT2D eigenvalue weighted by atomic mass is 9.94. The zero-order valence-corrected chi connectivity index (χ0v) is 15.5. The van der Waals surface area contributed by atoms with E-state index in [4.69, 9.17) is 4.74 Å². The van der Waals surface area contributed by atoms with Crippen LogP contribution in [0.4, 0.5) is 5.69 Å². The van der Waals surface area contributed by atoms with E-state index in [1.165, 1.54) is 7.11 Å². The summed E-state index contributed by atoms with van der Waals surface area (Å²) in [6, 6.07) is 7.24. The van der Waals surface area contributed by atoms with Crippen LogP contribution in [-0.4, -0.2) is 36.3 Å². The molecule has 0 radical (unpaired) electrons. The second-order valence-corrected chi connectivity index (χ2v) is 6.62. The number of fused-ring (bicyclic) bond motifs is 1. The third-order valence-corrected chi connectivity index (χ3v) is 4.60. The lowest BCUT2D eigenvalue weighted by molar-refractivity contribution is -0.119. The van der Waals surface area contributed by atoms with Crippen LogP contribution in [0.1, 0.15) is 50.5 Å². The van der Waals surface area contributed by atoms with Gasteiger partial charge in [0, 0.05) is 37.0 Å². The summed E-state index contributed by atoms with van der Waals surface area (Å²) in [6.07, 6.45) is 2.14. The van der Waals surface area contributed by atoms with Gasteiger partial charge in [0.1, 0.15) is 12.3 Å². The van der Waals surface area contributed by atoms with E-state index in [-0.39, 0.29) is 24.2 Å². The molecule has 27 heavy (non-hydrogen) atoms. The van der Waals surface area contributed by atoms with Gasteiger partial charge in [-0.3, -0.25) is 14.4 Å². The van der Waals surface area contributed by atoms with Gasteiger partial charge in [-0.05, 0) is 43.0 Å². The van der Waals surface area contributed by atoms with Crippen molar-refractivity contribution in [2.45, 2.75) is 32.7 Å². The Morgan fingerprint density at radius 2 is 2.07 bits per heavy atom. The molecule has 1 aliphatic carbocycles. The van der Waals surface area contributed by atoms with Gasteiger partial charge < -0.3 is 20.4 Å². The standard InChI is InChI=1S/C20H23N3O4/c1-12-18-15(7-4-8-16(18)24)23-19(12)20(26)21-10-13-5-3-6-14(9-13)22-17(25)11-27-2/h3,5-6,9,23H,4,7-8,10-11H2,1-2H3,(H,21,26)(H,22,25). The van der Waals surface area contributed by atoms with Gasteiger partial charge in [-0.25, -0.2) is 0 Å². The Balaban J connectivity index is 1.66. The number of carbonyl (C=O) groups excluding carboxylic acids is 3. The zero-order valence-electron chi connectivity index (χ0n) is 15.5. The molecule has 1 aromatic carbocycles. The van der Waals surface area contributed by atoms with E-state index >= 15 is 0 Å². The van der Waals surface area contributed by atoms with E-state index in [9.17, 15) is 14.4 Å². The Bertz CT molecular complexity index is 885. The van der Waals surface area contributed by atoms with Crippen LogP contribution in [0.15, 0.2) is 24.3 Å². The average Bonchev–Trinajstić information content (AvgIpc) is 2.98. The number of H-pyrrole nitrogens is 1. The predicted molar refractivity (Wildman–Crippen MR) is 101 cm³/mol. The van der Waals surface area contributed by atoms with Crippen LogP contribution in [0.25, 0.3) is 0 Å². The molecule has 2 amide bonds. The van der Waals surface area contributed by atoms with E-state index in [0.29, 0.717) is 35.5 Å². The van der Waals surface area contributed by atoms with Crippen LogP contribution in [0.3, 0.4) is 0 Å². The molecule has 1 aromatic heterocycles. The maximum Gasteiger partial charge on any atom is 0.268 e. The lowest BCUT2D eigenvalue weighted by Gasteiger charge is -2.09. The van der Waals surface area contributed by atoms with Gasteiger partial charge in [-0.15, -0.1) is 0 Å². The summed E-state index contributed by atoms with van der Waals surface area (Å²) >= 11 is 0. The summed E-state index contributed by atoms with van der Waals surface area (Å²) in [5, 5.41) is 5.60. The van der Waals surface area contributed by atoms with Crippen molar-refractivity contribution in [1.82, 2.24) is 10.3 Å². The molecule has 7 nitrogen and oxygen atoms in total. The predicted octanol–water partition coefficient (Wildman–Crippen LogP) is 2.36. The molecule has 0 fully saturated rings. The minimum Gasteiger partial charge on any atom is -0.375 e. The fourth-order valence-electron chi connectivity index (χ4n) is 3.36. The number of carbonyl (C=O) groups is 3. The molecule has 142 valence electrons. The van der Waals surface area contributed by atoms with Crippen LogP contribution in [0, 0.1) is 6.92 Å². The number of aryl methyl sites for hydroxylation is 1. The Morgan fingerprint density at radius 1 is 1.26 bits per heavy atom. The number of hydrogen-bond acceptors (Lipinski definition) is 4. The normalized spacial score (nSPS) is 13.2. The molecule has 0 saturated carbocycles. The molecule has 3 N–H and O–H groups in total. The Morgan fingerprint density at radius 3 is 2.81 bits per heavy atom. The molecule has 0 saturated heterocycles. The molecule has 1 heterocycles. The van der Waals surface area contributed by atoms with Crippen molar-refractivity contribution in [2.24, 2.45) is 0 Å². The number of ketones is 1. The highest BCUT2D eigenvalue weighted by Crippen LogP contribution is 2.26. The van der Waals surface area contributed by atoms with Gasteiger partial charge in [-0.1, -0.05) is 12.1 Å². The van der Waals surface area contributed by atoms with Gasteiger partial charge in [0.2, 0.25) is 5.91 Å². The molecule has 0 unspecified atom stereocenters. The first kappa shape index (κ1) is 18.8. The summed E-state index contributed by atoms with van der Waals surface area (Å²) < 4.78 is 4.79. The summed E-state index contributed by atoms with van der Waals surface area (Å²) in [5.41, 5.74) is 4.18. The summed E-state index contributed by atoms with van der Waals surface area (Å²) in [5.74, 6) is -0.386. The van der Waals surface area contributed by atoms with Gasteiger partial charge in [-0.2, -0.15) is 0 Å². The van der Waals surface area contributed by atoms with Crippen LogP contribution in [0.2, 0.25) is 0 Å². The third-order valence-electron chi connectivity index (χ3n) is 4.60. The number of nitrogens with one attached hydrogen (secondary N) is 3. The monoisotopic (exact) mass is 369 g/mol. The molecule has 0 aliphatic heterocycles. The number of hydrogen-bond donors (Lipinski definition) is 3. The minimum atomic E-state index is -0.247. The highest BCUT2D eigenvalue weighted by molar-refractivity contribution is 6.04. The van der Waals surface area contributed by atoms with Crippen LogP contribution >= 0.6 is 0 Å². The van der Waals surface area contributed by atoms with Crippen molar-refractivity contribution in [3.63, 3.8) is 0 Å². The van der Waals surface area contributed by atoms with Crippen molar-refractivity contribution in [2.75, 3.05) is 19.0 Å². The lowest BCUT2D eigenvalue weighted by Crippen LogP contribution is -2.24. The van der Waals surface area contributed by atoms with Crippen LogP contribution in [0.5, 0.6) is 0 Å². The molecule has 1 aliphatic rings. The van der Waals surface area contributed by atoms with Crippen LogP contribution in [-0.2, 0) is 22.5 Å². The second kappa shape index (κ2) is 8.18. The van der Waals surface area contributed by atoms with Gasteiger partial charge in [0.15, 0.2) is 5.78 Å². The minimum absolute atomic E-state index is 0.0174. The summed E-state index contributed by atoms with van der Waals surface area (Å²) in [6.45, 7) is 2.10. The largest absolute Gasteiger partial charge is 0.375 e. The number of anilines is 1. The summed E-state index contributed by atoms with van der Waals surface area (Å²) in [7, 11) is 1.46. The first-order chi connectivity index (χ1) is 13.0. The number of methoxy groups -OCH3 is 1. The number of Topliss-reactive ketones (excluding diaryl/α,β-unsaturated/α-hetero) is 1. The van der Waals surface area contributed by atoms with Crippen molar-refractivity contribution in [3.05, 3.63) is 52.3 Å². The van der Waals surface area contributed by atoms with Crippen LogP contribution < -0.4 is 10.6 Å². The van der Waals surface area contributed by atoms with Crippen molar-refractivity contribution < 1.29 is 19.1 Å². The van der Waals surface area contributed by atoms with E-state index in [0.717, 1.165) is 24.1 Å². The maximum atomic E-state index is 12.6. The first-order valence-electron chi connectivity index (χ1n) is 8.90. The fraction of sp³-hybridized carbons (Fsp3) is 0.350. The van der Waals surface area contributed by atoms with Crippen molar-refractivity contribution in [1.29, 1.82) is 0 Å². The molecule has 3 rings (SSSR count). The number of benzene rings is 1. The number of ether oxygens (including phenoxy) is 1. The number of aromatic nitrogens is 1. The first-order valence-corrected chi connectivity index (χ1v) is 8.90. The van der Waals surface area contributed by atoms with Gasteiger partial charge >= 0.3 is 0 Å². The van der Waals surface area contributed by atoms with E-state index < -0.39 is 0 Å². The van der Waals surface area contributed by atoms with Gasteiger partial charge in [0.25, 0.3) is 5.91 Å².